The van der Waals surface area contributed by atoms with Gasteiger partial charge in [0.15, 0.2) is 0 Å². The van der Waals surface area contributed by atoms with Gasteiger partial charge in [0.2, 0.25) is 5.91 Å². The molecule has 1 aromatic carbocycles. The molecule has 0 radical (unpaired) electrons. The topological polar surface area (TPSA) is 72.9 Å². The molecule has 3 N–H and O–H groups in total. The van der Waals surface area contributed by atoms with Crippen LogP contribution < -0.4 is 11.1 Å². The Labute approximate surface area is 110 Å². The zero-order chi connectivity index (χ0) is 13.7. The SMILES string of the molecule is Nc1ccn(CC(=O)NCCc2ccccc2F)n1. The zero-order valence-corrected chi connectivity index (χ0v) is 10.3. The minimum absolute atomic E-state index is 0.106. The van der Waals surface area contributed by atoms with Gasteiger partial charge in [0.25, 0.3) is 0 Å². The molecule has 0 fully saturated rings. The standard InChI is InChI=1S/C13H15FN4O/c14-11-4-2-1-3-10(11)5-7-16-13(19)9-18-8-6-12(15)17-18/h1-4,6,8H,5,7,9H2,(H2,15,17)(H,16,19). The third-order valence-corrected chi connectivity index (χ3v) is 2.64. The Morgan fingerprint density at radius 1 is 1.37 bits per heavy atom. The van der Waals surface area contributed by atoms with Gasteiger partial charge in [0.05, 0.1) is 0 Å². The molecule has 1 aromatic heterocycles. The quantitative estimate of drug-likeness (QED) is 0.843. The molecule has 2 rings (SSSR count). The molecule has 1 heterocycles. The summed E-state index contributed by atoms with van der Waals surface area (Å²) in [4.78, 5) is 11.6. The molecule has 0 aliphatic heterocycles. The van der Waals surface area contributed by atoms with Crippen molar-refractivity contribution in [3.05, 3.63) is 47.9 Å². The van der Waals surface area contributed by atoms with Gasteiger partial charge in [-0.15, -0.1) is 0 Å². The second kappa shape index (κ2) is 5.99. The van der Waals surface area contributed by atoms with Crippen molar-refractivity contribution in [1.82, 2.24) is 15.1 Å². The average Bonchev–Trinajstić information content (AvgIpc) is 2.77. The highest BCUT2D eigenvalue weighted by Gasteiger charge is 2.05. The van der Waals surface area contributed by atoms with Crippen molar-refractivity contribution in [2.24, 2.45) is 0 Å². The van der Waals surface area contributed by atoms with E-state index in [1.165, 1.54) is 10.7 Å². The van der Waals surface area contributed by atoms with Crippen molar-refractivity contribution in [3.63, 3.8) is 0 Å². The maximum atomic E-state index is 13.3. The summed E-state index contributed by atoms with van der Waals surface area (Å²) < 4.78 is 14.8. The van der Waals surface area contributed by atoms with E-state index in [1.807, 2.05) is 0 Å². The number of hydrogen-bond donors (Lipinski definition) is 2. The predicted molar refractivity (Wildman–Crippen MR) is 69.8 cm³/mol. The minimum atomic E-state index is -0.253. The van der Waals surface area contributed by atoms with Crippen molar-refractivity contribution in [2.75, 3.05) is 12.3 Å². The lowest BCUT2D eigenvalue weighted by molar-refractivity contribution is -0.121. The van der Waals surface area contributed by atoms with Gasteiger partial charge >= 0.3 is 0 Å². The fourth-order valence-electron chi connectivity index (χ4n) is 1.71. The number of hydrogen-bond acceptors (Lipinski definition) is 3. The third kappa shape index (κ3) is 3.80. The highest BCUT2D eigenvalue weighted by molar-refractivity contribution is 5.75. The highest BCUT2D eigenvalue weighted by Crippen LogP contribution is 2.06. The molecular formula is C13H15FN4O. The van der Waals surface area contributed by atoms with Gasteiger partial charge in [-0.1, -0.05) is 18.2 Å². The largest absolute Gasteiger partial charge is 0.382 e. The van der Waals surface area contributed by atoms with Crippen molar-refractivity contribution >= 4 is 11.7 Å². The van der Waals surface area contributed by atoms with Gasteiger partial charge in [0, 0.05) is 12.7 Å². The van der Waals surface area contributed by atoms with Crippen LogP contribution >= 0.6 is 0 Å². The lowest BCUT2D eigenvalue weighted by Crippen LogP contribution is -2.29. The summed E-state index contributed by atoms with van der Waals surface area (Å²) in [5.41, 5.74) is 6.03. The number of amides is 1. The number of aromatic nitrogens is 2. The Bertz CT molecular complexity index is 567. The Morgan fingerprint density at radius 2 is 2.16 bits per heavy atom. The normalized spacial score (nSPS) is 10.4. The van der Waals surface area contributed by atoms with E-state index in [4.69, 9.17) is 5.73 Å². The van der Waals surface area contributed by atoms with Crippen LogP contribution in [0.5, 0.6) is 0 Å². The first-order valence-corrected chi connectivity index (χ1v) is 5.94. The average molecular weight is 262 g/mol. The number of nitrogens with two attached hydrogens (primary N) is 1. The fourth-order valence-corrected chi connectivity index (χ4v) is 1.71. The number of nitrogens with zero attached hydrogens (tertiary/aromatic N) is 2. The summed E-state index contributed by atoms with van der Waals surface area (Å²) in [5, 5.41) is 6.61. The van der Waals surface area contributed by atoms with E-state index in [0.29, 0.717) is 24.3 Å². The summed E-state index contributed by atoms with van der Waals surface area (Å²) >= 11 is 0. The molecule has 0 saturated carbocycles. The molecule has 0 unspecified atom stereocenters. The number of nitrogen functional groups attached to an aromatic ring is 1. The molecule has 0 aliphatic rings. The third-order valence-electron chi connectivity index (χ3n) is 2.64. The van der Waals surface area contributed by atoms with Gasteiger partial charge in [0.1, 0.15) is 18.2 Å². The first kappa shape index (κ1) is 13.1. The number of nitrogens with one attached hydrogen (secondary N) is 1. The van der Waals surface area contributed by atoms with E-state index < -0.39 is 0 Å². The van der Waals surface area contributed by atoms with Gasteiger partial charge in [-0.3, -0.25) is 9.48 Å². The van der Waals surface area contributed by atoms with Crippen LogP contribution in [0.1, 0.15) is 5.56 Å². The van der Waals surface area contributed by atoms with E-state index in [9.17, 15) is 9.18 Å². The number of carbonyl (C=O) groups is 1. The lowest BCUT2D eigenvalue weighted by Gasteiger charge is -2.06. The molecule has 2 aromatic rings. The van der Waals surface area contributed by atoms with Gasteiger partial charge in [-0.05, 0) is 24.1 Å². The zero-order valence-electron chi connectivity index (χ0n) is 10.3. The molecule has 1 amide bonds. The van der Waals surface area contributed by atoms with Crippen LogP contribution in [-0.4, -0.2) is 22.2 Å². The fraction of sp³-hybridized carbons (Fsp3) is 0.231. The summed E-state index contributed by atoms with van der Waals surface area (Å²) in [6, 6.07) is 8.14. The first-order valence-electron chi connectivity index (χ1n) is 5.94. The van der Waals surface area contributed by atoms with E-state index in [-0.39, 0.29) is 18.3 Å². The van der Waals surface area contributed by atoms with Gasteiger partial charge in [-0.2, -0.15) is 5.10 Å². The monoisotopic (exact) mass is 262 g/mol. The Kier molecular flexibility index (Phi) is 4.12. The van der Waals surface area contributed by atoms with E-state index >= 15 is 0 Å². The van der Waals surface area contributed by atoms with Crippen molar-refractivity contribution in [3.8, 4) is 0 Å². The van der Waals surface area contributed by atoms with Crippen molar-refractivity contribution < 1.29 is 9.18 Å². The summed E-state index contributed by atoms with van der Waals surface area (Å²) in [5.74, 6) is -0.0600. The van der Waals surface area contributed by atoms with Crippen LogP contribution in [-0.2, 0) is 17.8 Å². The predicted octanol–water partition coefficient (Wildman–Crippen LogP) is 0.963. The first-order chi connectivity index (χ1) is 9.15. The Balaban J connectivity index is 1.77. The van der Waals surface area contributed by atoms with Crippen LogP contribution in [0.15, 0.2) is 36.5 Å². The Hall–Kier alpha value is -2.37. The highest BCUT2D eigenvalue weighted by atomic mass is 19.1. The Morgan fingerprint density at radius 3 is 2.84 bits per heavy atom. The maximum absolute atomic E-state index is 13.3. The summed E-state index contributed by atoms with van der Waals surface area (Å²) in [6.07, 6.45) is 2.09. The van der Waals surface area contributed by atoms with Crippen LogP contribution in [0.25, 0.3) is 0 Å². The van der Waals surface area contributed by atoms with Gasteiger partial charge < -0.3 is 11.1 Å². The van der Waals surface area contributed by atoms with Crippen LogP contribution in [0.3, 0.4) is 0 Å². The molecular weight excluding hydrogens is 247 g/mol. The summed E-state index contributed by atoms with van der Waals surface area (Å²) in [7, 11) is 0. The van der Waals surface area contributed by atoms with E-state index in [1.54, 1.807) is 30.5 Å². The van der Waals surface area contributed by atoms with Gasteiger partial charge in [-0.25, -0.2) is 4.39 Å². The molecule has 0 atom stereocenters. The molecule has 0 aliphatic carbocycles. The molecule has 0 saturated heterocycles. The second-order valence-electron chi connectivity index (χ2n) is 4.13. The molecule has 100 valence electrons. The number of rotatable bonds is 5. The number of carbonyl (C=O) groups excluding carboxylic acids is 1. The van der Waals surface area contributed by atoms with E-state index in [2.05, 4.69) is 10.4 Å². The molecule has 6 heteroatoms. The number of benzene rings is 1. The summed E-state index contributed by atoms with van der Waals surface area (Å²) in [6.45, 7) is 0.491. The van der Waals surface area contributed by atoms with Crippen LogP contribution in [0.4, 0.5) is 10.2 Å². The smallest absolute Gasteiger partial charge is 0.241 e. The molecule has 19 heavy (non-hydrogen) atoms. The second-order valence-corrected chi connectivity index (χ2v) is 4.13. The van der Waals surface area contributed by atoms with Crippen LogP contribution in [0, 0.1) is 5.82 Å². The molecule has 5 nitrogen and oxygen atoms in total. The number of anilines is 1. The van der Waals surface area contributed by atoms with Crippen LogP contribution in [0.2, 0.25) is 0 Å². The maximum Gasteiger partial charge on any atom is 0.241 e. The molecule has 0 bridgehead atoms. The van der Waals surface area contributed by atoms with Crippen molar-refractivity contribution in [1.29, 1.82) is 0 Å². The number of halogens is 1. The lowest BCUT2D eigenvalue weighted by atomic mass is 10.1. The molecule has 0 spiro atoms. The minimum Gasteiger partial charge on any atom is -0.382 e. The van der Waals surface area contributed by atoms with Crippen molar-refractivity contribution in [2.45, 2.75) is 13.0 Å². The van der Waals surface area contributed by atoms with E-state index in [0.717, 1.165) is 0 Å².